The van der Waals surface area contributed by atoms with E-state index in [2.05, 4.69) is 127 Å². The number of rotatable bonds is 23. The lowest BCUT2D eigenvalue weighted by atomic mass is 9.66. The van der Waals surface area contributed by atoms with E-state index < -0.39 is 0 Å². The molecule has 1 aromatic heterocycles. The quantitative estimate of drug-likeness (QED) is 0.0641. The maximum absolute atomic E-state index is 3.75. The maximum atomic E-state index is 3.75. The third-order valence-electron chi connectivity index (χ3n) is 10.0. The Morgan fingerprint density at radius 2 is 1.04 bits per heavy atom. The molecule has 0 aliphatic rings. The van der Waals surface area contributed by atoms with Gasteiger partial charge in [0.15, 0.2) is 0 Å². The number of aromatic amines is 1. The summed E-state index contributed by atoms with van der Waals surface area (Å²) in [6.45, 7) is 5.71. The Labute approximate surface area is 275 Å². The summed E-state index contributed by atoms with van der Waals surface area (Å²) in [5, 5.41) is 0. The second-order valence-corrected chi connectivity index (χ2v) is 13.7. The van der Waals surface area contributed by atoms with E-state index in [1.165, 1.54) is 125 Å². The van der Waals surface area contributed by atoms with Crippen LogP contribution in [0.25, 0.3) is 0 Å². The van der Waals surface area contributed by atoms with E-state index in [9.17, 15) is 0 Å². The molecule has 0 bridgehead atoms. The fraction of sp³-hybridized carbons (Fsp3) is 0.512. The van der Waals surface area contributed by atoms with E-state index in [-0.39, 0.29) is 5.41 Å². The van der Waals surface area contributed by atoms with E-state index in [1.54, 1.807) is 0 Å². The normalized spacial score (nSPS) is 13.5. The van der Waals surface area contributed by atoms with Gasteiger partial charge in [-0.3, -0.25) is 0 Å². The van der Waals surface area contributed by atoms with Crippen molar-refractivity contribution in [3.63, 3.8) is 0 Å². The molecule has 45 heavy (non-hydrogen) atoms. The zero-order valence-electron chi connectivity index (χ0n) is 28.6. The van der Waals surface area contributed by atoms with Gasteiger partial charge in [0.2, 0.25) is 0 Å². The zero-order valence-corrected chi connectivity index (χ0v) is 28.6. The molecule has 2 nitrogen and oxygen atoms in total. The first-order chi connectivity index (χ1) is 22.2. The average Bonchev–Trinajstić information content (AvgIpc) is 3.53. The minimum absolute atomic E-state index is 0.0398. The number of imidazole rings is 1. The molecule has 1 N–H and O–H groups in total. The number of nitrogens with one attached hydrogen (secondary N) is 1. The Morgan fingerprint density at radius 3 is 1.58 bits per heavy atom. The topological polar surface area (TPSA) is 19.7 Å². The summed E-state index contributed by atoms with van der Waals surface area (Å²) in [4.78, 5) is 3.75. The highest BCUT2D eigenvalue weighted by molar-refractivity contribution is 5.32. The van der Waals surface area contributed by atoms with Crippen molar-refractivity contribution in [3.8, 4) is 0 Å². The molecule has 0 amide bonds. The van der Waals surface area contributed by atoms with E-state index in [1.807, 2.05) is 0 Å². The van der Waals surface area contributed by atoms with Gasteiger partial charge in [-0.1, -0.05) is 201 Å². The third kappa shape index (κ3) is 11.6. The maximum Gasteiger partial charge on any atom is 0.258 e. The van der Waals surface area contributed by atoms with E-state index in [4.69, 9.17) is 0 Å². The summed E-state index contributed by atoms with van der Waals surface area (Å²) in [7, 11) is 0. The van der Waals surface area contributed by atoms with Crippen LogP contribution < -0.4 is 4.57 Å². The molecule has 4 aromatic rings. The van der Waals surface area contributed by atoms with Gasteiger partial charge >= 0.3 is 0 Å². The third-order valence-corrected chi connectivity index (χ3v) is 10.0. The van der Waals surface area contributed by atoms with E-state index in [0.717, 1.165) is 13.0 Å². The lowest BCUT2D eigenvalue weighted by molar-refractivity contribution is -0.696. The number of H-pyrrole nitrogens is 1. The summed E-state index contributed by atoms with van der Waals surface area (Å²) >= 11 is 0. The van der Waals surface area contributed by atoms with Crippen LogP contribution in [-0.4, -0.2) is 4.98 Å². The lowest BCUT2D eigenvalue weighted by Gasteiger charge is -2.37. The van der Waals surface area contributed by atoms with Crippen LogP contribution in [0.5, 0.6) is 0 Å². The van der Waals surface area contributed by atoms with Crippen molar-refractivity contribution < 1.29 is 4.57 Å². The predicted octanol–water partition coefficient (Wildman–Crippen LogP) is 11.9. The molecule has 0 radical (unpaired) electrons. The molecule has 3 aromatic carbocycles. The minimum atomic E-state index is -0.0398. The first-order valence-corrected chi connectivity index (χ1v) is 18.4. The second-order valence-electron chi connectivity index (χ2n) is 13.7. The smallest absolute Gasteiger partial charge is 0.247 e. The molecular formula is C43H61N2+. The molecule has 0 fully saturated rings. The highest BCUT2D eigenvalue weighted by atomic mass is 15.1. The van der Waals surface area contributed by atoms with Crippen molar-refractivity contribution in [2.45, 2.75) is 141 Å². The van der Waals surface area contributed by atoms with Crippen LogP contribution in [0.15, 0.2) is 103 Å². The van der Waals surface area contributed by atoms with Crippen molar-refractivity contribution in [1.29, 1.82) is 0 Å². The second kappa shape index (κ2) is 20.1. The van der Waals surface area contributed by atoms with Gasteiger partial charge in [0, 0.05) is 5.41 Å². The summed E-state index contributed by atoms with van der Waals surface area (Å²) in [5.74, 6) is 1.73. The van der Waals surface area contributed by atoms with Gasteiger partial charge in [0.25, 0.3) is 5.82 Å². The standard InChI is InChI=1S/C43H60N2/c1-3-4-5-6-7-8-9-10-11-12-13-14-15-16-26-33-41(42-44-34-35-45(42)37-39-29-22-18-23-30-39)43(2,40-31-24-19-25-32-40)36-38-27-20-17-21-28-38/h17-25,27-32,34-35,41H,3-16,26,33,36-37H2,1-2H3/p+1. The first-order valence-electron chi connectivity index (χ1n) is 18.4. The molecule has 2 unspecified atom stereocenters. The number of unbranched alkanes of at least 4 members (excludes halogenated alkanes) is 14. The average molecular weight is 606 g/mol. The molecule has 2 atom stereocenters. The fourth-order valence-electron chi connectivity index (χ4n) is 7.34. The molecule has 0 spiro atoms. The van der Waals surface area contributed by atoms with Gasteiger partial charge in [-0.05, 0) is 29.5 Å². The summed E-state index contributed by atoms with van der Waals surface area (Å²) in [5.41, 5.74) is 4.15. The zero-order chi connectivity index (χ0) is 31.4. The summed E-state index contributed by atoms with van der Waals surface area (Å²) < 4.78 is 2.47. The predicted molar refractivity (Wildman–Crippen MR) is 193 cm³/mol. The first kappa shape index (κ1) is 34.7. The van der Waals surface area contributed by atoms with Gasteiger partial charge in [-0.25, -0.2) is 9.55 Å². The fourth-order valence-corrected chi connectivity index (χ4v) is 7.34. The Kier molecular flexibility index (Phi) is 15.5. The van der Waals surface area contributed by atoms with Crippen LogP contribution >= 0.6 is 0 Å². The largest absolute Gasteiger partial charge is 0.258 e. The van der Waals surface area contributed by atoms with Crippen LogP contribution in [0.3, 0.4) is 0 Å². The van der Waals surface area contributed by atoms with Gasteiger partial charge in [0.05, 0.1) is 5.92 Å². The van der Waals surface area contributed by atoms with Crippen molar-refractivity contribution in [3.05, 3.63) is 126 Å². The van der Waals surface area contributed by atoms with Gasteiger partial charge in [-0.15, -0.1) is 0 Å². The Morgan fingerprint density at radius 1 is 0.578 bits per heavy atom. The van der Waals surface area contributed by atoms with Gasteiger partial charge in [0.1, 0.15) is 18.9 Å². The minimum Gasteiger partial charge on any atom is -0.247 e. The van der Waals surface area contributed by atoms with E-state index in [0.29, 0.717) is 5.92 Å². The summed E-state index contributed by atoms with van der Waals surface area (Å²) in [6.07, 6.45) is 27.6. The Hall–Kier alpha value is -3.13. The number of hydrogen-bond donors (Lipinski definition) is 1. The summed E-state index contributed by atoms with van der Waals surface area (Å²) in [6, 6.07) is 33.3. The van der Waals surface area contributed by atoms with Crippen molar-refractivity contribution in [2.75, 3.05) is 0 Å². The van der Waals surface area contributed by atoms with Crippen LogP contribution in [-0.2, 0) is 18.4 Å². The monoisotopic (exact) mass is 605 g/mol. The molecule has 1 heterocycles. The molecule has 0 saturated heterocycles. The molecule has 0 aliphatic heterocycles. The van der Waals surface area contributed by atoms with Crippen LogP contribution in [0, 0.1) is 0 Å². The molecule has 242 valence electrons. The van der Waals surface area contributed by atoms with Gasteiger partial charge in [-0.2, -0.15) is 0 Å². The van der Waals surface area contributed by atoms with E-state index >= 15 is 0 Å². The van der Waals surface area contributed by atoms with Crippen molar-refractivity contribution in [1.82, 2.24) is 4.98 Å². The number of nitrogens with zero attached hydrogens (tertiary/aromatic N) is 1. The lowest BCUT2D eigenvalue weighted by Crippen LogP contribution is -2.44. The molecule has 4 rings (SSSR count). The highest BCUT2D eigenvalue weighted by Gasteiger charge is 2.42. The molecule has 0 aliphatic carbocycles. The van der Waals surface area contributed by atoms with Crippen molar-refractivity contribution in [2.24, 2.45) is 0 Å². The van der Waals surface area contributed by atoms with Crippen LogP contribution in [0.4, 0.5) is 0 Å². The highest BCUT2D eigenvalue weighted by Crippen LogP contribution is 2.43. The van der Waals surface area contributed by atoms with Gasteiger partial charge < -0.3 is 0 Å². The Bertz CT molecular complexity index is 1280. The number of hydrogen-bond acceptors (Lipinski definition) is 0. The Balaban J connectivity index is 1.36. The molecule has 2 heteroatoms. The van der Waals surface area contributed by atoms with Crippen molar-refractivity contribution >= 4 is 0 Å². The molecule has 0 saturated carbocycles. The van der Waals surface area contributed by atoms with Crippen LogP contribution in [0.2, 0.25) is 0 Å². The molecular weight excluding hydrogens is 544 g/mol. The number of aromatic nitrogens is 2. The van der Waals surface area contributed by atoms with Crippen LogP contribution in [0.1, 0.15) is 145 Å². The SMILES string of the molecule is CCCCCCCCCCCCCCCCCC(c1[nH]cc[n+]1Cc1ccccc1)C(C)(Cc1ccccc1)c1ccccc1. The number of benzene rings is 3.